The Morgan fingerprint density at radius 1 is 0.349 bits per heavy atom. The lowest BCUT2D eigenvalue weighted by Gasteiger charge is -2.37. The zero-order valence-electron chi connectivity index (χ0n) is 35.0. The molecule has 0 radical (unpaired) electrons. The first-order valence-electron chi connectivity index (χ1n) is 22.2. The van der Waals surface area contributed by atoms with E-state index in [1.807, 2.05) is 0 Å². The lowest BCUT2D eigenvalue weighted by Crippen LogP contribution is -2.30. The Hall–Kier alpha value is -7.74. The molecule has 3 aliphatic carbocycles. The highest BCUT2D eigenvalue weighted by atomic mass is 15.1. The average molecular weight is 804 g/mol. The molecule has 12 rings (SSSR count). The lowest BCUT2D eigenvalue weighted by atomic mass is 9.66. The van der Waals surface area contributed by atoms with Crippen LogP contribution in [-0.4, -0.2) is 0 Å². The molecular weight excluding hydrogens is 759 g/mol. The maximum atomic E-state index is 2.53. The molecule has 0 spiro atoms. The number of fused-ring (bicyclic) bond motifs is 5. The summed E-state index contributed by atoms with van der Waals surface area (Å²) in [4.78, 5) is 2.53. The van der Waals surface area contributed by atoms with E-state index in [4.69, 9.17) is 0 Å². The second kappa shape index (κ2) is 15.0. The summed E-state index contributed by atoms with van der Waals surface area (Å²) >= 11 is 0. The average Bonchev–Trinajstić information content (AvgIpc) is 3.83. The number of para-hydroxylation sites is 1. The summed E-state index contributed by atoms with van der Waals surface area (Å²) < 4.78 is 0. The Kier molecular flexibility index (Phi) is 8.83. The lowest BCUT2D eigenvalue weighted by molar-refractivity contribution is 0.756. The van der Waals surface area contributed by atoms with Crippen LogP contribution in [0, 0.1) is 0 Å². The van der Waals surface area contributed by atoms with Gasteiger partial charge in [0, 0.05) is 16.9 Å². The molecule has 0 saturated heterocycles. The minimum atomic E-state index is -0.530. The van der Waals surface area contributed by atoms with Crippen molar-refractivity contribution >= 4 is 22.6 Å². The largest absolute Gasteiger partial charge is 0.310 e. The van der Waals surface area contributed by atoms with Crippen LogP contribution in [0.2, 0.25) is 0 Å². The third-order valence-corrected chi connectivity index (χ3v) is 13.9. The fraction of sp³-hybridized carbons (Fsp3) is 0.0645. The monoisotopic (exact) mass is 803 g/mol. The highest BCUT2D eigenvalue weighted by Crippen LogP contribution is 2.60. The van der Waals surface area contributed by atoms with E-state index in [-0.39, 0.29) is 0 Å². The molecule has 0 atom stereocenters. The van der Waals surface area contributed by atoms with E-state index in [0.29, 0.717) is 0 Å². The highest BCUT2D eigenvalue weighted by Gasteiger charge is 2.48. The van der Waals surface area contributed by atoms with Gasteiger partial charge in [0.2, 0.25) is 0 Å². The van der Waals surface area contributed by atoms with Crippen LogP contribution in [0.15, 0.2) is 254 Å². The predicted molar refractivity (Wildman–Crippen MR) is 262 cm³/mol. The van der Waals surface area contributed by atoms with Crippen LogP contribution in [0.1, 0.15) is 57.3 Å². The Bertz CT molecular complexity index is 3120. The molecule has 0 aliphatic heterocycles. The van der Waals surface area contributed by atoms with Gasteiger partial charge in [0.05, 0.1) is 16.5 Å². The quantitative estimate of drug-likeness (QED) is 0.148. The molecule has 0 fully saturated rings. The highest BCUT2D eigenvalue weighted by molar-refractivity contribution is 5.95. The Morgan fingerprint density at radius 2 is 0.794 bits per heavy atom. The Balaban J connectivity index is 1.16. The Morgan fingerprint density at radius 3 is 1.38 bits per heavy atom. The maximum Gasteiger partial charge on any atom is 0.0714 e. The first kappa shape index (κ1) is 37.1. The van der Waals surface area contributed by atoms with Gasteiger partial charge in [-0.15, -0.1) is 0 Å². The SMILES string of the molecule is C1=CC2=C(CC1)c1ccc(N(c3ccc4c(c3)C(c3ccccc3)(c3ccccc3)c3ccccc3-4)c3ccccc3-c3ccccc3)cc1C2(c1ccccc1)c1ccccc1. The smallest absolute Gasteiger partial charge is 0.0714 e. The summed E-state index contributed by atoms with van der Waals surface area (Å²) in [6, 6.07) is 88.0. The fourth-order valence-electron chi connectivity index (χ4n) is 11.4. The molecule has 9 aromatic rings. The van der Waals surface area contributed by atoms with Crippen LogP contribution >= 0.6 is 0 Å². The van der Waals surface area contributed by atoms with Gasteiger partial charge in [-0.05, 0) is 116 Å². The van der Waals surface area contributed by atoms with Gasteiger partial charge in [-0.1, -0.05) is 218 Å². The standard InChI is InChI=1S/C62H45N/c1-6-22-44(23-7-1)51-32-18-21-37-60(51)63(49-38-40-54-52-33-16-19-35-56(52)61(58(54)42-49,45-24-8-2-9-25-45)46-26-10-3-11-27-46)50-39-41-55-53-34-17-20-36-57(53)62(59(55)43-50,47-28-12-4-13-29-47)48-30-14-5-15-31-48/h1-16,18-33,35-43H,17,34H2. The fourth-order valence-corrected chi connectivity index (χ4v) is 11.4. The molecule has 1 heteroatoms. The van der Waals surface area contributed by atoms with Crippen molar-refractivity contribution in [3.05, 3.63) is 299 Å². The number of allylic oxidation sites excluding steroid dienone is 4. The van der Waals surface area contributed by atoms with Gasteiger partial charge in [0.15, 0.2) is 0 Å². The van der Waals surface area contributed by atoms with Gasteiger partial charge >= 0.3 is 0 Å². The summed E-state index contributed by atoms with van der Waals surface area (Å²) in [5, 5.41) is 0. The van der Waals surface area contributed by atoms with Gasteiger partial charge in [0.25, 0.3) is 0 Å². The van der Waals surface area contributed by atoms with Crippen molar-refractivity contribution in [1.29, 1.82) is 0 Å². The molecule has 63 heavy (non-hydrogen) atoms. The summed E-state index contributed by atoms with van der Waals surface area (Å²) in [5.74, 6) is 0. The molecular formula is C62H45N. The summed E-state index contributed by atoms with van der Waals surface area (Å²) in [6.07, 6.45) is 6.86. The number of benzene rings is 9. The molecule has 3 aliphatic rings. The third kappa shape index (κ3) is 5.56. The van der Waals surface area contributed by atoms with E-state index in [2.05, 4.69) is 254 Å². The van der Waals surface area contributed by atoms with E-state index in [0.717, 1.165) is 29.9 Å². The van der Waals surface area contributed by atoms with Crippen molar-refractivity contribution in [3.63, 3.8) is 0 Å². The molecule has 0 bridgehead atoms. The van der Waals surface area contributed by atoms with Gasteiger partial charge in [-0.25, -0.2) is 0 Å². The molecule has 0 heterocycles. The number of rotatable bonds is 8. The number of anilines is 3. The topological polar surface area (TPSA) is 3.24 Å². The zero-order chi connectivity index (χ0) is 41.8. The van der Waals surface area contributed by atoms with Crippen LogP contribution in [0.4, 0.5) is 17.1 Å². The van der Waals surface area contributed by atoms with Crippen LogP contribution < -0.4 is 4.90 Å². The van der Waals surface area contributed by atoms with Gasteiger partial charge in [-0.3, -0.25) is 0 Å². The molecule has 0 amide bonds. The van der Waals surface area contributed by atoms with Crippen LogP contribution in [0.25, 0.3) is 27.8 Å². The Labute approximate surface area is 370 Å². The van der Waals surface area contributed by atoms with Crippen LogP contribution in [0.3, 0.4) is 0 Å². The third-order valence-electron chi connectivity index (χ3n) is 13.9. The minimum Gasteiger partial charge on any atom is -0.310 e. The molecule has 0 aromatic heterocycles. The van der Waals surface area contributed by atoms with Crippen LogP contribution in [0.5, 0.6) is 0 Å². The summed E-state index contributed by atoms with van der Waals surface area (Å²) in [7, 11) is 0. The second-order valence-electron chi connectivity index (χ2n) is 17.0. The van der Waals surface area contributed by atoms with E-state index in [1.54, 1.807) is 0 Å². The number of hydrogen-bond acceptors (Lipinski definition) is 1. The van der Waals surface area contributed by atoms with Crippen molar-refractivity contribution in [2.24, 2.45) is 0 Å². The molecule has 9 aromatic carbocycles. The van der Waals surface area contributed by atoms with E-state index < -0.39 is 10.8 Å². The predicted octanol–water partition coefficient (Wildman–Crippen LogP) is 15.6. The van der Waals surface area contributed by atoms with Crippen molar-refractivity contribution < 1.29 is 0 Å². The van der Waals surface area contributed by atoms with Crippen LogP contribution in [-0.2, 0) is 10.8 Å². The molecule has 1 nitrogen and oxygen atoms in total. The van der Waals surface area contributed by atoms with Crippen molar-refractivity contribution in [3.8, 4) is 22.3 Å². The van der Waals surface area contributed by atoms with Gasteiger partial charge in [-0.2, -0.15) is 0 Å². The minimum absolute atomic E-state index is 0.486. The molecule has 0 saturated carbocycles. The number of nitrogens with zero attached hydrogens (tertiary/aromatic N) is 1. The normalized spacial score (nSPS) is 15.0. The van der Waals surface area contributed by atoms with Crippen molar-refractivity contribution in [2.75, 3.05) is 4.90 Å². The number of hydrogen-bond donors (Lipinski definition) is 0. The second-order valence-corrected chi connectivity index (χ2v) is 17.0. The zero-order valence-corrected chi connectivity index (χ0v) is 35.0. The van der Waals surface area contributed by atoms with Crippen molar-refractivity contribution in [1.82, 2.24) is 0 Å². The first-order valence-corrected chi connectivity index (χ1v) is 22.2. The molecule has 298 valence electrons. The maximum absolute atomic E-state index is 2.53. The van der Waals surface area contributed by atoms with E-state index >= 15 is 0 Å². The molecule has 0 N–H and O–H groups in total. The summed E-state index contributed by atoms with van der Waals surface area (Å²) in [6.45, 7) is 0. The summed E-state index contributed by atoms with van der Waals surface area (Å²) in [5.41, 5.74) is 20.4. The first-order chi connectivity index (χ1) is 31.3. The van der Waals surface area contributed by atoms with Gasteiger partial charge < -0.3 is 4.90 Å². The molecule has 0 unspecified atom stereocenters. The van der Waals surface area contributed by atoms with Gasteiger partial charge in [0.1, 0.15) is 0 Å². The van der Waals surface area contributed by atoms with E-state index in [9.17, 15) is 0 Å². The van der Waals surface area contributed by atoms with E-state index in [1.165, 1.54) is 77.9 Å². The van der Waals surface area contributed by atoms with Crippen molar-refractivity contribution in [2.45, 2.75) is 23.7 Å².